The number of nitrogens with two attached hydrogens (primary N) is 1. The van der Waals surface area contributed by atoms with Crippen LogP contribution in [0, 0.1) is 0 Å². The summed E-state index contributed by atoms with van der Waals surface area (Å²) >= 11 is 0. The minimum Gasteiger partial charge on any atom is -0.593 e. The maximum absolute atomic E-state index is 12.2. The Hall–Kier alpha value is -2.33. The topological polar surface area (TPSA) is 163 Å². The number of benzene rings is 1. The van der Waals surface area contributed by atoms with Crippen molar-refractivity contribution in [2.45, 2.75) is 24.5 Å². The molecule has 0 bridgehead atoms. The molecule has 0 radical (unpaired) electrons. The first-order valence-corrected chi connectivity index (χ1v) is 8.68. The van der Waals surface area contributed by atoms with Gasteiger partial charge in [-0.25, -0.2) is 4.79 Å². The van der Waals surface area contributed by atoms with Crippen LogP contribution in [0.3, 0.4) is 0 Å². The standard InChI is InChI=1S/C15H16N3O7P/c16-9-6-7-18(15(22)17-9)13-11(20)10(19)12(24-13)14(21)26(23)25-8-4-2-1-3-5-8/h1-7,10-13,19-21H,(H2,16,17,22)/t10-,11+,12-,13+/m0/s1. The van der Waals surface area contributed by atoms with Gasteiger partial charge in [-0.15, -0.1) is 0 Å². The lowest BCUT2D eigenvalue weighted by Crippen LogP contribution is -2.37. The molecule has 1 aliphatic rings. The van der Waals surface area contributed by atoms with Crippen molar-refractivity contribution in [2.24, 2.45) is 0 Å². The number of aliphatic hydroxyl groups excluding tert-OH is 3. The van der Waals surface area contributed by atoms with Crippen LogP contribution in [-0.4, -0.2) is 48.7 Å². The molecule has 1 fully saturated rings. The summed E-state index contributed by atoms with van der Waals surface area (Å²) in [5.41, 5.74) is 3.79. The van der Waals surface area contributed by atoms with Gasteiger partial charge in [0.05, 0.1) is 0 Å². The van der Waals surface area contributed by atoms with Gasteiger partial charge in [-0.3, -0.25) is 9.09 Å². The molecule has 0 aliphatic carbocycles. The molecule has 2 heterocycles. The number of rotatable bonds is 4. The van der Waals surface area contributed by atoms with Gasteiger partial charge in [0, 0.05) is 6.20 Å². The Morgan fingerprint density at radius 3 is 2.62 bits per heavy atom. The van der Waals surface area contributed by atoms with Gasteiger partial charge in [0.25, 0.3) is 5.48 Å². The summed E-state index contributed by atoms with van der Waals surface area (Å²) in [5, 5.41) is 30.4. The van der Waals surface area contributed by atoms with E-state index in [1.54, 1.807) is 18.2 Å². The monoisotopic (exact) mass is 381 g/mol. The van der Waals surface area contributed by atoms with E-state index in [-0.39, 0.29) is 11.6 Å². The van der Waals surface area contributed by atoms with Crippen LogP contribution in [0.2, 0.25) is 0 Å². The molecular formula is C15H16N3O7P. The van der Waals surface area contributed by atoms with Crippen LogP contribution in [0.15, 0.2) is 47.4 Å². The van der Waals surface area contributed by atoms with E-state index in [4.69, 9.17) is 15.0 Å². The molecule has 1 aromatic carbocycles. The van der Waals surface area contributed by atoms with Gasteiger partial charge in [-0.05, 0) is 18.2 Å². The Morgan fingerprint density at radius 2 is 1.96 bits per heavy atom. The lowest BCUT2D eigenvalue weighted by atomic mass is 10.1. The fraction of sp³-hybridized carbons (Fsp3) is 0.267. The van der Waals surface area contributed by atoms with Crippen molar-refractivity contribution in [3.8, 4) is 5.75 Å². The van der Waals surface area contributed by atoms with Crippen molar-refractivity contribution in [1.82, 2.24) is 9.55 Å². The van der Waals surface area contributed by atoms with Gasteiger partial charge in [0.2, 0.25) is 0 Å². The lowest BCUT2D eigenvalue weighted by molar-refractivity contribution is -0.166. The highest BCUT2D eigenvalue weighted by Crippen LogP contribution is 2.32. The van der Waals surface area contributed by atoms with E-state index in [9.17, 15) is 25.0 Å². The van der Waals surface area contributed by atoms with Crippen molar-refractivity contribution < 1.29 is 29.5 Å². The molecule has 138 valence electrons. The Kier molecular flexibility index (Phi) is 5.33. The Balaban J connectivity index is 1.84. The van der Waals surface area contributed by atoms with Gasteiger partial charge in [-0.2, -0.15) is 4.98 Å². The summed E-state index contributed by atoms with van der Waals surface area (Å²) in [6, 6.07) is 9.40. The zero-order chi connectivity index (χ0) is 18.8. The first-order valence-electron chi connectivity index (χ1n) is 7.51. The van der Waals surface area contributed by atoms with E-state index >= 15 is 0 Å². The van der Waals surface area contributed by atoms with Crippen LogP contribution in [-0.2, 0) is 4.74 Å². The second-order valence-electron chi connectivity index (χ2n) is 5.49. The van der Waals surface area contributed by atoms with E-state index in [1.807, 2.05) is 0 Å². The summed E-state index contributed by atoms with van der Waals surface area (Å²) in [6.07, 6.45) is -4.86. The highest BCUT2D eigenvalue weighted by atomic mass is 31.1. The molecule has 3 rings (SSSR count). The Labute approximate surface area is 148 Å². The molecule has 26 heavy (non-hydrogen) atoms. The van der Waals surface area contributed by atoms with Crippen LogP contribution in [0.25, 0.3) is 0 Å². The second kappa shape index (κ2) is 7.50. The predicted octanol–water partition coefficient (Wildman–Crippen LogP) is -1.30. The molecule has 5 N–H and O–H groups in total. The zero-order valence-corrected chi connectivity index (χ0v) is 14.1. The number of para-hydroxylation sites is 1. The first-order chi connectivity index (χ1) is 12.4. The third-order valence-electron chi connectivity index (χ3n) is 3.74. The second-order valence-corrected chi connectivity index (χ2v) is 6.65. The quantitative estimate of drug-likeness (QED) is 0.471. The molecule has 10 nitrogen and oxygen atoms in total. The van der Waals surface area contributed by atoms with Crippen LogP contribution < -0.4 is 20.8 Å². The van der Waals surface area contributed by atoms with E-state index < -0.39 is 43.7 Å². The molecule has 1 saturated heterocycles. The average molecular weight is 381 g/mol. The van der Waals surface area contributed by atoms with Gasteiger partial charge in [-0.1, -0.05) is 18.2 Å². The zero-order valence-electron chi connectivity index (χ0n) is 13.2. The number of nitrogens with zero attached hydrogens (tertiary/aromatic N) is 2. The van der Waals surface area contributed by atoms with Gasteiger partial charge < -0.3 is 30.7 Å². The van der Waals surface area contributed by atoms with Crippen molar-refractivity contribution in [1.29, 1.82) is 0 Å². The van der Waals surface area contributed by atoms with E-state index in [2.05, 4.69) is 4.98 Å². The van der Waals surface area contributed by atoms with Crippen molar-refractivity contribution in [3.63, 3.8) is 0 Å². The lowest BCUT2D eigenvalue weighted by Gasteiger charge is -2.16. The molecule has 1 aromatic heterocycles. The molecular weight excluding hydrogens is 365 g/mol. The SMILES string of the molecule is Nc1ccn([C@@H]2O[C@H](/C(O)=[P+](\[O-])Oc3ccccc3)[C@@H](O)[C@H]2O)c(=O)n1. The minimum atomic E-state index is -2.77. The number of nitrogen functional groups attached to an aromatic ring is 1. The van der Waals surface area contributed by atoms with Crippen LogP contribution in [0.4, 0.5) is 5.82 Å². The summed E-state index contributed by atoms with van der Waals surface area (Å²) < 4.78 is 11.4. The molecule has 5 atom stereocenters. The van der Waals surface area contributed by atoms with E-state index in [0.717, 1.165) is 4.57 Å². The van der Waals surface area contributed by atoms with Crippen molar-refractivity contribution >= 4 is 19.3 Å². The molecule has 0 spiro atoms. The van der Waals surface area contributed by atoms with E-state index in [0.29, 0.717) is 0 Å². The third kappa shape index (κ3) is 3.61. The fourth-order valence-electron chi connectivity index (χ4n) is 2.45. The summed E-state index contributed by atoms with van der Waals surface area (Å²) in [4.78, 5) is 27.6. The largest absolute Gasteiger partial charge is 0.593 e. The molecule has 0 amide bonds. The number of aliphatic hydroxyl groups is 3. The van der Waals surface area contributed by atoms with E-state index in [1.165, 1.54) is 24.4 Å². The third-order valence-corrected chi connectivity index (χ3v) is 4.74. The summed E-state index contributed by atoms with van der Waals surface area (Å²) in [7, 11) is -2.77. The molecule has 1 unspecified atom stereocenters. The number of aromatic nitrogens is 2. The van der Waals surface area contributed by atoms with Gasteiger partial charge in [0.15, 0.2) is 18.1 Å². The summed E-state index contributed by atoms with van der Waals surface area (Å²) in [6.45, 7) is 0. The highest BCUT2D eigenvalue weighted by Gasteiger charge is 2.49. The molecule has 0 saturated carbocycles. The summed E-state index contributed by atoms with van der Waals surface area (Å²) in [5.74, 6) is 0.216. The predicted molar refractivity (Wildman–Crippen MR) is 89.8 cm³/mol. The Bertz CT molecular complexity index is 873. The van der Waals surface area contributed by atoms with Gasteiger partial charge >= 0.3 is 13.7 Å². The molecule has 1 aliphatic heterocycles. The van der Waals surface area contributed by atoms with Crippen molar-refractivity contribution in [3.05, 3.63) is 53.1 Å². The highest BCUT2D eigenvalue weighted by molar-refractivity contribution is 7.46. The van der Waals surface area contributed by atoms with Crippen LogP contribution >= 0.6 is 8.00 Å². The van der Waals surface area contributed by atoms with Crippen molar-refractivity contribution in [2.75, 3.05) is 5.73 Å². The maximum Gasteiger partial charge on any atom is 0.351 e. The molecule has 11 heteroatoms. The Morgan fingerprint density at radius 1 is 1.27 bits per heavy atom. The number of ether oxygens (including phenoxy) is 1. The normalized spacial score (nSPS) is 26.5. The number of hydrogen-bond donors (Lipinski definition) is 4. The van der Waals surface area contributed by atoms with Crippen LogP contribution in [0.1, 0.15) is 6.23 Å². The minimum absolute atomic E-state index is 0.0235. The first kappa shape index (κ1) is 18.5. The van der Waals surface area contributed by atoms with Gasteiger partial charge in [0.1, 0.15) is 18.0 Å². The molecule has 2 aromatic rings. The smallest absolute Gasteiger partial charge is 0.351 e. The van der Waals surface area contributed by atoms with Crippen LogP contribution in [0.5, 0.6) is 5.75 Å². The number of anilines is 1. The average Bonchev–Trinajstić information content (AvgIpc) is 2.91. The number of hydrogen-bond acceptors (Lipinski definition) is 8. The maximum atomic E-state index is 12.2. The fourth-order valence-corrected chi connectivity index (χ4v) is 3.28.